The van der Waals surface area contributed by atoms with Gasteiger partial charge in [0.25, 0.3) is 0 Å². The Kier molecular flexibility index (Phi) is 4.71. The van der Waals surface area contributed by atoms with Crippen molar-refractivity contribution in [2.45, 2.75) is 18.9 Å². The summed E-state index contributed by atoms with van der Waals surface area (Å²) in [4.78, 5) is 27.4. The molecule has 0 saturated carbocycles. The van der Waals surface area contributed by atoms with E-state index >= 15 is 0 Å². The Balaban J connectivity index is 1.53. The number of fused-ring (bicyclic) bond motifs is 1. The number of hydrogen-bond acceptors (Lipinski definition) is 6. The molecule has 136 valence electrons. The van der Waals surface area contributed by atoms with E-state index in [1.165, 1.54) is 0 Å². The van der Waals surface area contributed by atoms with Crippen molar-refractivity contribution in [3.05, 3.63) is 42.9 Å². The summed E-state index contributed by atoms with van der Waals surface area (Å²) in [6, 6.07) is 7.86. The third-order valence-electron chi connectivity index (χ3n) is 4.99. The van der Waals surface area contributed by atoms with Gasteiger partial charge in [-0.25, -0.2) is 9.78 Å². The molecular weight excluding hydrogens is 330 g/mol. The van der Waals surface area contributed by atoms with Gasteiger partial charge in [-0.3, -0.25) is 9.88 Å². The van der Waals surface area contributed by atoms with Crippen molar-refractivity contribution in [1.82, 2.24) is 14.9 Å². The van der Waals surface area contributed by atoms with E-state index in [0.29, 0.717) is 13.1 Å². The van der Waals surface area contributed by atoms with Crippen molar-refractivity contribution in [2.24, 2.45) is 0 Å². The summed E-state index contributed by atoms with van der Waals surface area (Å²) in [7, 11) is 2.10. The largest absolute Gasteiger partial charge is 0.446 e. The second kappa shape index (κ2) is 7.29. The molecule has 1 aromatic carbocycles. The number of ether oxygens (including phenoxy) is 1. The van der Waals surface area contributed by atoms with Gasteiger partial charge in [-0.2, -0.15) is 0 Å². The average molecular weight is 353 g/mol. The third kappa shape index (κ3) is 3.35. The lowest BCUT2D eigenvalue weighted by molar-refractivity contribution is 0.0616. The Morgan fingerprint density at radius 2 is 1.85 bits per heavy atom. The van der Waals surface area contributed by atoms with Crippen LogP contribution in [0.4, 0.5) is 22.0 Å². The van der Waals surface area contributed by atoms with E-state index in [2.05, 4.69) is 26.8 Å². The van der Waals surface area contributed by atoms with Crippen LogP contribution in [0.25, 0.3) is 0 Å². The molecular formula is C19H23N5O2. The fraction of sp³-hybridized carbons (Fsp3) is 0.421. The first-order valence-electron chi connectivity index (χ1n) is 9.01. The fourth-order valence-electron chi connectivity index (χ4n) is 3.53. The number of rotatable bonds is 2. The monoisotopic (exact) mass is 353 g/mol. The van der Waals surface area contributed by atoms with Crippen LogP contribution >= 0.6 is 0 Å². The Labute approximate surface area is 153 Å². The van der Waals surface area contributed by atoms with Crippen LogP contribution in [-0.4, -0.2) is 60.3 Å². The number of hydrogen-bond donors (Lipinski definition) is 0. The van der Waals surface area contributed by atoms with Crippen LogP contribution in [0.3, 0.4) is 0 Å². The van der Waals surface area contributed by atoms with Crippen LogP contribution in [0.15, 0.2) is 42.9 Å². The van der Waals surface area contributed by atoms with Crippen LogP contribution in [-0.2, 0) is 4.74 Å². The Bertz CT molecular complexity index is 762. The zero-order valence-electron chi connectivity index (χ0n) is 14.9. The van der Waals surface area contributed by atoms with Crippen molar-refractivity contribution in [1.29, 1.82) is 0 Å². The third-order valence-corrected chi connectivity index (χ3v) is 4.99. The summed E-state index contributed by atoms with van der Waals surface area (Å²) in [5.41, 5.74) is 1.79. The minimum Gasteiger partial charge on any atom is -0.446 e. The van der Waals surface area contributed by atoms with E-state index in [9.17, 15) is 4.79 Å². The van der Waals surface area contributed by atoms with Crippen molar-refractivity contribution in [2.75, 3.05) is 43.0 Å². The number of nitrogens with zero attached hydrogens (tertiary/aromatic N) is 5. The highest BCUT2D eigenvalue weighted by molar-refractivity contribution is 5.94. The molecule has 7 nitrogen and oxygen atoms in total. The first-order chi connectivity index (χ1) is 12.7. The van der Waals surface area contributed by atoms with Gasteiger partial charge in [-0.15, -0.1) is 0 Å². The maximum atomic E-state index is 12.8. The summed E-state index contributed by atoms with van der Waals surface area (Å²) in [6.07, 6.45) is 6.61. The van der Waals surface area contributed by atoms with E-state index < -0.39 is 0 Å². The lowest BCUT2D eigenvalue weighted by Crippen LogP contribution is -2.45. The average Bonchev–Trinajstić information content (AvgIpc) is 2.69. The number of likely N-dealkylation sites (tertiary alicyclic amines) is 1. The number of anilines is 3. The minimum atomic E-state index is -0.259. The van der Waals surface area contributed by atoms with Gasteiger partial charge >= 0.3 is 6.09 Å². The maximum Gasteiger partial charge on any atom is 0.414 e. The summed E-state index contributed by atoms with van der Waals surface area (Å²) in [6.45, 7) is 3.14. The molecule has 0 N–H and O–H groups in total. The van der Waals surface area contributed by atoms with Crippen molar-refractivity contribution < 1.29 is 9.53 Å². The number of amides is 1. The molecule has 3 heterocycles. The standard InChI is InChI=1S/C19H23N5O2/c1-22-10-6-15(7-11-22)26-19(25)24-13-12-23(18-14-20-8-9-21-18)16-4-2-3-5-17(16)24/h2-5,8-9,14-15H,6-7,10-13H2,1H3. The fourth-order valence-corrected chi connectivity index (χ4v) is 3.53. The van der Waals surface area contributed by atoms with Gasteiger partial charge in [0.05, 0.1) is 17.6 Å². The number of carbonyl (C=O) groups excluding carboxylic acids is 1. The molecule has 0 atom stereocenters. The molecule has 0 spiro atoms. The SMILES string of the molecule is CN1CCC(OC(=O)N2CCN(c3cnccn3)c3ccccc32)CC1. The lowest BCUT2D eigenvalue weighted by atomic mass is 10.1. The molecule has 2 aromatic rings. The molecule has 7 heteroatoms. The van der Waals surface area contributed by atoms with Gasteiger partial charge < -0.3 is 14.5 Å². The zero-order chi connectivity index (χ0) is 17.9. The molecule has 2 aliphatic rings. The number of para-hydroxylation sites is 2. The van der Waals surface area contributed by atoms with Gasteiger partial charge in [-0.05, 0) is 32.0 Å². The highest BCUT2D eigenvalue weighted by atomic mass is 16.6. The summed E-state index contributed by atoms with van der Waals surface area (Å²) < 4.78 is 5.79. The van der Waals surface area contributed by atoms with Crippen LogP contribution < -0.4 is 9.80 Å². The maximum absolute atomic E-state index is 12.8. The zero-order valence-corrected chi connectivity index (χ0v) is 14.9. The summed E-state index contributed by atoms with van der Waals surface area (Å²) >= 11 is 0. The molecule has 0 radical (unpaired) electrons. The molecule has 1 saturated heterocycles. The first kappa shape index (κ1) is 16.8. The first-order valence-corrected chi connectivity index (χ1v) is 9.01. The summed E-state index contributed by atoms with van der Waals surface area (Å²) in [5, 5.41) is 0. The van der Waals surface area contributed by atoms with Crippen LogP contribution in [0.2, 0.25) is 0 Å². The predicted octanol–water partition coefficient (Wildman–Crippen LogP) is 2.67. The number of piperidine rings is 1. The predicted molar refractivity (Wildman–Crippen MR) is 99.8 cm³/mol. The van der Waals surface area contributed by atoms with E-state index in [1.54, 1.807) is 23.5 Å². The molecule has 0 unspecified atom stereocenters. The van der Waals surface area contributed by atoms with Gasteiger partial charge in [0.2, 0.25) is 0 Å². The lowest BCUT2D eigenvalue weighted by Gasteiger charge is -2.37. The number of carbonyl (C=O) groups is 1. The normalized spacial score (nSPS) is 18.5. The van der Waals surface area contributed by atoms with Crippen molar-refractivity contribution in [3.8, 4) is 0 Å². The highest BCUT2D eigenvalue weighted by Crippen LogP contribution is 2.37. The second-order valence-electron chi connectivity index (χ2n) is 6.74. The molecule has 1 aromatic heterocycles. The van der Waals surface area contributed by atoms with Crippen LogP contribution in [0.1, 0.15) is 12.8 Å². The number of aromatic nitrogens is 2. The van der Waals surface area contributed by atoms with Crippen LogP contribution in [0.5, 0.6) is 0 Å². The molecule has 0 aliphatic carbocycles. The highest BCUT2D eigenvalue weighted by Gasteiger charge is 2.31. The Morgan fingerprint density at radius 1 is 1.08 bits per heavy atom. The van der Waals surface area contributed by atoms with Crippen LogP contribution in [0, 0.1) is 0 Å². The second-order valence-corrected chi connectivity index (χ2v) is 6.74. The van der Waals surface area contributed by atoms with Gasteiger partial charge in [0.1, 0.15) is 6.10 Å². The Hall–Kier alpha value is -2.67. The quantitative estimate of drug-likeness (QED) is 0.827. The summed E-state index contributed by atoms with van der Waals surface area (Å²) in [5.74, 6) is 0.781. The molecule has 4 rings (SSSR count). The van der Waals surface area contributed by atoms with Crippen molar-refractivity contribution >= 4 is 23.3 Å². The van der Waals surface area contributed by atoms with Crippen molar-refractivity contribution in [3.63, 3.8) is 0 Å². The number of benzene rings is 1. The van der Waals surface area contributed by atoms with E-state index in [4.69, 9.17) is 4.74 Å². The molecule has 2 aliphatic heterocycles. The Morgan fingerprint density at radius 3 is 2.58 bits per heavy atom. The van der Waals surface area contributed by atoms with E-state index in [-0.39, 0.29) is 12.2 Å². The molecule has 0 bridgehead atoms. The molecule has 26 heavy (non-hydrogen) atoms. The van der Waals surface area contributed by atoms with Gasteiger partial charge in [-0.1, -0.05) is 12.1 Å². The van der Waals surface area contributed by atoms with E-state index in [0.717, 1.165) is 43.1 Å². The minimum absolute atomic E-state index is 0.00359. The van der Waals surface area contributed by atoms with Gasteiger partial charge in [0.15, 0.2) is 5.82 Å². The smallest absolute Gasteiger partial charge is 0.414 e. The molecule has 1 fully saturated rings. The van der Waals surface area contributed by atoms with Gasteiger partial charge in [0, 0.05) is 38.6 Å². The molecule has 1 amide bonds. The topological polar surface area (TPSA) is 61.8 Å². The van der Waals surface area contributed by atoms with E-state index in [1.807, 2.05) is 24.3 Å².